The molecule has 1 aliphatic carbocycles. The predicted molar refractivity (Wildman–Crippen MR) is 81.5 cm³/mol. The smallest absolute Gasteiger partial charge is 0.332 e. The third-order valence-corrected chi connectivity index (χ3v) is 5.52. The van der Waals surface area contributed by atoms with Crippen molar-refractivity contribution in [2.45, 2.75) is 11.3 Å². The van der Waals surface area contributed by atoms with Gasteiger partial charge in [0.25, 0.3) is 11.7 Å². The Bertz CT molecular complexity index is 752. The molecule has 1 unspecified atom stereocenters. The predicted octanol–water partition coefficient (Wildman–Crippen LogP) is -0.365. The highest BCUT2D eigenvalue weighted by Gasteiger charge is 2.56. The van der Waals surface area contributed by atoms with Crippen molar-refractivity contribution in [3.63, 3.8) is 0 Å². The standard InChI is InChI=1S/C15H13NO7S/c17-4-6-5-24-13-9(8(6)15(21)22)12(19)10(13)16-14(20)11(18)7-2-1-3-23-7/h1-3,9-10,13,17H,4-5H2,(H,16,20)(H,21,22)/t9?,10-,13+/m1/s1. The van der Waals surface area contributed by atoms with Crippen molar-refractivity contribution in [3.05, 3.63) is 35.3 Å². The quantitative estimate of drug-likeness (QED) is 0.483. The Kier molecular flexibility index (Phi) is 4.29. The second-order valence-electron chi connectivity index (χ2n) is 5.39. The summed E-state index contributed by atoms with van der Waals surface area (Å²) in [5.41, 5.74) is 0.202. The molecule has 0 radical (unpaired) electrons. The van der Waals surface area contributed by atoms with Gasteiger partial charge in [0, 0.05) is 11.0 Å². The Morgan fingerprint density at radius 1 is 1.38 bits per heavy atom. The molecule has 8 nitrogen and oxygen atoms in total. The maximum Gasteiger partial charge on any atom is 0.332 e. The second-order valence-corrected chi connectivity index (χ2v) is 6.56. The van der Waals surface area contributed by atoms with E-state index in [9.17, 15) is 29.4 Å². The fourth-order valence-corrected chi connectivity index (χ4v) is 4.38. The van der Waals surface area contributed by atoms with Crippen molar-refractivity contribution in [3.8, 4) is 0 Å². The van der Waals surface area contributed by atoms with Gasteiger partial charge in [0.1, 0.15) is 6.04 Å². The Balaban J connectivity index is 1.74. The van der Waals surface area contributed by atoms with Gasteiger partial charge in [0.2, 0.25) is 0 Å². The molecule has 1 fully saturated rings. The number of rotatable bonds is 5. The van der Waals surface area contributed by atoms with Gasteiger partial charge in [-0.1, -0.05) is 0 Å². The molecule has 0 bridgehead atoms. The zero-order valence-corrected chi connectivity index (χ0v) is 13.0. The van der Waals surface area contributed by atoms with E-state index in [0.717, 1.165) is 0 Å². The first kappa shape index (κ1) is 16.5. The fraction of sp³-hybridized carbons (Fsp3) is 0.333. The van der Waals surface area contributed by atoms with Crippen LogP contribution >= 0.6 is 11.8 Å². The molecule has 9 heteroatoms. The number of nitrogens with one attached hydrogen (secondary N) is 1. The molecule has 1 aromatic heterocycles. The molecule has 0 spiro atoms. The fourth-order valence-electron chi connectivity index (χ4n) is 2.88. The number of hydrogen-bond donors (Lipinski definition) is 3. The number of amides is 1. The number of hydrogen-bond acceptors (Lipinski definition) is 7. The monoisotopic (exact) mass is 351 g/mol. The van der Waals surface area contributed by atoms with E-state index in [4.69, 9.17) is 4.42 Å². The molecule has 3 N–H and O–H groups in total. The summed E-state index contributed by atoms with van der Waals surface area (Å²) in [4.78, 5) is 47.5. The Hall–Kier alpha value is -2.39. The van der Waals surface area contributed by atoms with Crippen molar-refractivity contribution >= 4 is 35.2 Å². The maximum atomic E-state index is 12.3. The van der Waals surface area contributed by atoms with E-state index in [1.807, 2.05) is 0 Å². The SMILES string of the molecule is O=C(O)C1=C(CO)CS[C@H]2C1C(=O)[C@H]2NC(=O)C(=O)c1ccco1. The number of aliphatic carboxylic acids is 1. The van der Waals surface area contributed by atoms with Gasteiger partial charge in [-0.15, -0.1) is 0 Å². The molecular weight excluding hydrogens is 338 g/mol. The molecule has 1 saturated carbocycles. The second kappa shape index (κ2) is 6.25. The molecule has 24 heavy (non-hydrogen) atoms. The first-order chi connectivity index (χ1) is 11.5. The van der Waals surface area contributed by atoms with Crippen molar-refractivity contribution in [1.82, 2.24) is 5.32 Å². The van der Waals surface area contributed by atoms with E-state index >= 15 is 0 Å². The lowest BCUT2D eigenvalue weighted by Crippen LogP contribution is -2.65. The van der Waals surface area contributed by atoms with E-state index in [0.29, 0.717) is 5.57 Å². The maximum absolute atomic E-state index is 12.3. The number of thioether (sulfide) groups is 1. The zero-order chi connectivity index (χ0) is 17.4. The van der Waals surface area contributed by atoms with Crippen molar-refractivity contribution in [2.24, 2.45) is 5.92 Å². The van der Waals surface area contributed by atoms with Gasteiger partial charge in [-0.2, -0.15) is 11.8 Å². The largest absolute Gasteiger partial charge is 0.478 e. The van der Waals surface area contributed by atoms with Crippen LogP contribution in [0.1, 0.15) is 10.6 Å². The number of aliphatic hydroxyl groups excluding tert-OH is 1. The van der Waals surface area contributed by atoms with E-state index in [2.05, 4.69) is 5.32 Å². The van der Waals surface area contributed by atoms with Gasteiger partial charge < -0.3 is 19.9 Å². The normalized spacial score (nSPS) is 25.7. The number of furan rings is 1. The van der Waals surface area contributed by atoms with E-state index < -0.39 is 47.3 Å². The van der Waals surface area contributed by atoms with Gasteiger partial charge in [-0.05, 0) is 17.7 Å². The van der Waals surface area contributed by atoms with E-state index in [-0.39, 0.29) is 17.1 Å². The highest BCUT2D eigenvalue weighted by atomic mass is 32.2. The van der Waals surface area contributed by atoms with Crippen molar-refractivity contribution in [2.75, 3.05) is 12.4 Å². The van der Waals surface area contributed by atoms with Crippen LogP contribution in [0.3, 0.4) is 0 Å². The summed E-state index contributed by atoms with van der Waals surface area (Å²) >= 11 is 1.28. The zero-order valence-electron chi connectivity index (χ0n) is 12.2. The van der Waals surface area contributed by atoms with Crippen LogP contribution in [0.25, 0.3) is 0 Å². The Labute approximate surface area is 139 Å². The molecule has 0 aromatic carbocycles. The molecule has 0 saturated heterocycles. The molecule has 2 aliphatic rings. The number of carbonyl (C=O) groups is 4. The lowest BCUT2D eigenvalue weighted by molar-refractivity contribution is -0.139. The number of ketones is 2. The van der Waals surface area contributed by atoms with Gasteiger partial charge in [-0.25, -0.2) is 4.79 Å². The van der Waals surface area contributed by atoms with Crippen LogP contribution in [0.2, 0.25) is 0 Å². The van der Waals surface area contributed by atoms with Crippen molar-refractivity contribution < 1.29 is 33.8 Å². The minimum Gasteiger partial charge on any atom is -0.478 e. The first-order valence-electron chi connectivity index (χ1n) is 7.05. The molecular formula is C15H13NO7S. The van der Waals surface area contributed by atoms with Gasteiger partial charge in [0.05, 0.1) is 24.4 Å². The number of carboxylic acid groups (broad SMARTS) is 1. The summed E-state index contributed by atoms with van der Waals surface area (Å²) in [7, 11) is 0. The first-order valence-corrected chi connectivity index (χ1v) is 8.10. The lowest BCUT2D eigenvalue weighted by Gasteiger charge is -2.45. The minimum absolute atomic E-state index is 0.103. The molecule has 3 atom stereocenters. The molecule has 126 valence electrons. The van der Waals surface area contributed by atoms with Crippen LogP contribution in [0.5, 0.6) is 0 Å². The van der Waals surface area contributed by atoms with Crippen LogP contribution in [0.15, 0.2) is 34.0 Å². The number of aliphatic hydroxyl groups is 1. The summed E-state index contributed by atoms with van der Waals surface area (Å²) in [6.07, 6.45) is 1.25. The van der Waals surface area contributed by atoms with Crippen LogP contribution in [0.4, 0.5) is 0 Å². The number of carbonyl (C=O) groups excluding carboxylic acids is 3. The van der Waals surface area contributed by atoms with Gasteiger partial charge >= 0.3 is 5.97 Å². The molecule has 1 aromatic rings. The molecule has 3 rings (SSSR count). The van der Waals surface area contributed by atoms with Crippen LogP contribution in [-0.4, -0.2) is 57.3 Å². The summed E-state index contributed by atoms with van der Waals surface area (Å²) in [5.74, 6) is -4.37. The lowest BCUT2D eigenvalue weighted by atomic mass is 9.71. The van der Waals surface area contributed by atoms with Crippen LogP contribution in [0, 0.1) is 5.92 Å². The summed E-state index contributed by atoms with van der Waals surface area (Å²) in [6, 6.07) is 1.87. The van der Waals surface area contributed by atoms with Crippen molar-refractivity contribution in [1.29, 1.82) is 0 Å². The summed E-state index contributed by atoms with van der Waals surface area (Å²) in [5, 5.41) is 20.4. The van der Waals surface area contributed by atoms with E-state index in [1.54, 1.807) is 0 Å². The molecule has 1 amide bonds. The number of fused-ring (bicyclic) bond motifs is 1. The average Bonchev–Trinajstić information content (AvgIpc) is 3.11. The molecule has 1 aliphatic heterocycles. The summed E-state index contributed by atoms with van der Waals surface area (Å²) in [6.45, 7) is -0.431. The Morgan fingerprint density at radius 3 is 2.71 bits per heavy atom. The average molecular weight is 351 g/mol. The highest BCUT2D eigenvalue weighted by Crippen LogP contribution is 2.45. The van der Waals surface area contributed by atoms with Gasteiger partial charge in [0.15, 0.2) is 11.5 Å². The highest BCUT2D eigenvalue weighted by molar-refractivity contribution is 8.00. The van der Waals surface area contributed by atoms with Crippen LogP contribution < -0.4 is 5.32 Å². The Morgan fingerprint density at radius 2 is 2.12 bits per heavy atom. The number of Topliss-reactive ketones (excluding diaryl/α,β-unsaturated/α-hetero) is 2. The third kappa shape index (κ3) is 2.55. The number of carboxylic acids is 1. The topological polar surface area (TPSA) is 134 Å². The van der Waals surface area contributed by atoms with Crippen LogP contribution in [-0.2, 0) is 14.4 Å². The van der Waals surface area contributed by atoms with E-state index in [1.165, 1.54) is 30.2 Å². The third-order valence-electron chi connectivity index (χ3n) is 4.07. The molecule has 2 heterocycles. The minimum atomic E-state index is -1.25. The summed E-state index contributed by atoms with van der Waals surface area (Å²) < 4.78 is 4.85. The van der Waals surface area contributed by atoms with Gasteiger partial charge in [-0.3, -0.25) is 14.4 Å².